The van der Waals surface area contributed by atoms with Gasteiger partial charge in [0.1, 0.15) is 5.60 Å². The molecule has 28 heavy (non-hydrogen) atoms. The van der Waals surface area contributed by atoms with Gasteiger partial charge in [-0.3, -0.25) is 9.59 Å². The fourth-order valence-corrected chi connectivity index (χ4v) is 4.10. The number of aliphatic hydroxyl groups excluding tert-OH is 1. The highest BCUT2D eigenvalue weighted by molar-refractivity contribution is 5.75. The first-order valence-electron chi connectivity index (χ1n) is 9.97. The van der Waals surface area contributed by atoms with Gasteiger partial charge < -0.3 is 25.2 Å². The molecule has 5 atom stereocenters. The number of methoxy groups -OCH3 is 1. The molecule has 0 aliphatic heterocycles. The number of nitrogens with one attached hydrogen (secondary N) is 2. The second-order valence-corrected chi connectivity index (χ2v) is 8.49. The van der Waals surface area contributed by atoms with Crippen LogP contribution >= 0.6 is 0 Å². The summed E-state index contributed by atoms with van der Waals surface area (Å²) in [4.78, 5) is 36.4. The van der Waals surface area contributed by atoms with E-state index in [4.69, 9.17) is 9.47 Å². The van der Waals surface area contributed by atoms with Crippen LogP contribution in [0.1, 0.15) is 60.8 Å². The normalized spacial score (nSPS) is 25.9. The molecule has 0 bridgehead atoms. The molecule has 8 heteroatoms. The third-order valence-electron chi connectivity index (χ3n) is 5.33. The fraction of sp³-hybridized carbons (Fsp3) is 0.850. The van der Waals surface area contributed by atoms with E-state index in [0.29, 0.717) is 0 Å². The van der Waals surface area contributed by atoms with Crippen molar-refractivity contribution < 1.29 is 29.0 Å². The van der Waals surface area contributed by atoms with Crippen LogP contribution in [0.15, 0.2) is 0 Å². The van der Waals surface area contributed by atoms with Crippen LogP contribution in [0, 0.1) is 17.8 Å². The zero-order valence-corrected chi connectivity index (χ0v) is 18.1. The summed E-state index contributed by atoms with van der Waals surface area (Å²) in [6.45, 7) is 10.7. The molecule has 0 aromatic rings. The maximum atomic E-state index is 12.3. The molecule has 2 amide bonds. The Kier molecular flexibility index (Phi) is 8.73. The van der Waals surface area contributed by atoms with Crippen molar-refractivity contribution in [3.05, 3.63) is 0 Å². The first kappa shape index (κ1) is 24.2. The smallest absolute Gasteiger partial charge is 0.407 e. The van der Waals surface area contributed by atoms with Gasteiger partial charge in [0.25, 0.3) is 0 Å². The molecular weight excluding hydrogens is 364 g/mol. The minimum atomic E-state index is -1.05. The predicted octanol–water partition coefficient (Wildman–Crippen LogP) is 1.99. The first-order valence-corrected chi connectivity index (χ1v) is 9.97. The monoisotopic (exact) mass is 400 g/mol. The van der Waals surface area contributed by atoms with Crippen LogP contribution in [0.2, 0.25) is 0 Å². The van der Waals surface area contributed by atoms with Gasteiger partial charge in [-0.2, -0.15) is 0 Å². The van der Waals surface area contributed by atoms with Crippen LogP contribution in [-0.2, 0) is 19.1 Å². The van der Waals surface area contributed by atoms with Gasteiger partial charge in [0.2, 0.25) is 5.91 Å². The van der Waals surface area contributed by atoms with Crippen LogP contribution in [0.3, 0.4) is 0 Å². The number of rotatable bonds is 7. The Hall–Kier alpha value is -1.83. The molecule has 0 radical (unpaired) electrons. The number of amides is 2. The summed E-state index contributed by atoms with van der Waals surface area (Å²) >= 11 is 0. The summed E-state index contributed by atoms with van der Waals surface area (Å²) in [6, 6.07) is -0.927. The minimum Gasteiger partial charge on any atom is -0.469 e. The van der Waals surface area contributed by atoms with Crippen LogP contribution in [0.25, 0.3) is 0 Å². The number of hydrogen-bond acceptors (Lipinski definition) is 6. The van der Waals surface area contributed by atoms with Gasteiger partial charge in [0, 0.05) is 24.9 Å². The summed E-state index contributed by atoms with van der Waals surface area (Å²) in [5, 5.41) is 16.7. The lowest BCUT2D eigenvalue weighted by atomic mass is 9.80. The third-order valence-corrected chi connectivity index (χ3v) is 5.33. The van der Waals surface area contributed by atoms with E-state index in [-0.39, 0.29) is 18.2 Å². The average molecular weight is 401 g/mol. The van der Waals surface area contributed by atoms with Gasteiger partial charge in [-0.1, -0.05) is 26.7 Å². The van der Waals surface area contributed by atoms with Crippen LogP contribution in [-0.4, -0.2) is 54.0 Å². The van der Waals surface area contributed by atoms with E-state index in [2.05, 4.69) is 10.6 Å². The van der Waals surface area contributed by atoms with E-state index in [1.807, 2.05) is 13.8 Å². The maximum absolute atomic E-state index is 12.3. The Morgan fingerprint density at radius 3 is 2.18 bits per heavy atom. The summed E-state index contributed by atoms with van der Waals surface area (Å²) < 4.78 is 10.2. The molecule has 1 saturated carbocycles. The van der Waals surface area contributed by atoms with Crippen LogP contribution < -0.4 is 10.6 Å². The van der Waals surface area contributed by atoms with Crippen LogP contribution in [0.5, 0.6) is 0 Å². The largest absolute Gasteiger partial charge is 0.469 e. The van der Waals surface area contributed by atoms with Gasteiger partial charge in [0.05, 0.1) is 19.1 Å². The van der Waals surface area contributed by atoms with Gasteiger partial charge in [-0.05, 0) is 33.1 Å². The topological polar surface area (TPSA) is 114 Å². The molecule has 3 N–H and O–H groups in total. The van der Waals surface area contributed by atoms with Crippen molar-refractivity contribution in [2.45, 2.75) is 84.6 Å². The fourth-order valence-electron chi connectivity index (χ4n) is 4.10. The lowest BCUT2D eigenvalue weighted by Gasteiger charge is -2.36. The molecule has 1 fully saturated rings. The molecule has 8 nitrogen and oxygen atoms in total. The van der Waals surface area contributed by atoms with Crippen LogP contribution in [0.4, 0.5) is 4.79 Å². The summed E-state index contributed by atoms with van der Waals surface area (Å²) in [6.07, 6.45) is 0.115. The highest BCUT2D eigenvalue weighted by atomic mass is 16.6. The lowest BCUT2D eigenvalue weighted by Crippen LogP contribution is -2.54. The predicted molar refractivity (Wildman–Crippen MR) is 104 cm³/mol. The standard InChI is InChI=1S/C20H36N2O6/c1-8-12(9-2)16(21-11(3)23)15-14(22-19(26)28-20(4,5)6)10-13(17(15)24)18(25)27-7/h12-17,24H,8-10H2,1-7H3,(H,21,23)(H,22,26)/t13?,14?,15?,16-,17?/m1/s1. The molecule has 1 aliphatic rings. The van der Waals surface area contributed by atoms with Crippen molar-refractivity contribution in [1.29, 1.82) is 0 Å². The van der Waals surface area contributed by atoms with Gasteiger partial charge >= 0.3 is 12.1 Å². The van der Waals surface area contributed by atoms with E-state index < -0.39 is 47.7 Å². The number of alkyl carbamates (subject to hydrolysis) is 1. The zero-order chi connectivity index (χ0) is 21.6. The summed E-state index contributed by atoms with van der Waals surface area (Å²) in [7, 11) is 1.27. The molecule has 162 valence electrons. The Bertz CT molecular complexity index is 555. The molecular formula is C20H36N2O6. The van der Waals surface area contributed by atoms with Crippen molar-refractivity contribution in [2.24, 2.45) is 17.8 Å². The Balaban J connectivity index is 3.21. The van der Waals surface area contributed by atoms with Gasteiger partial charge in [0.15, 0.2) is 0 Å². The summed E-state index contributed by atoms with van der Waals surface area (Å²) in [5.41, 5.74) is -0.676. The number of aliphatic hydroxyl groups is 1. The number of ether oxygens (including phenoxy) is 2. The van der Waals surface area contributed by atoms with Crippen molar-refractivity contribution in [1.82, 2.24) is 10.6 Å². The van der Waals surface area contributed by atoms with E-state index in [0.717, 1.165) is 12.8 Å². The number of hydrogen-bond donors (Lipinski definition) is 3. The Morgan fingerprint density at radius 2 is 1.75 bits per heavy atom. The second-order valence-electron chi connectivity index (χ2n) is 8.49. The zero-order valence-electron chi connectivity index (χ0n) is 18.1. The molecule has 0 spiro atoms. The van der Waals surface area contributed by atoms with Gasteiger partial charge in [-0.15, -0.1) is 0 Å². The van der Waals surface area contributed by atoms with Gasteiger partial charge in [-0.25, -0.2) is 4.79 Å². The molecule has 0 saturated heterocycles. The maximum Gasteiger partial charge on any atom is 0.407 e. The Morgan fingerprint density at radius 1 is 1.18 bits per heavy atom. The number of carbonyl (C=O) groups excluding carboxylic acids is 3. The van der Waals surface area contributed by atoms with E-state index in [1.54, 1.807) is 20.8 Å². The lowest BCUT2D eigenvalue weighted by molar-refractivity contribution is -0.149. The van der Waals surface area contributed by atoms with E-state index in [9.17, 15) is 19.5 Å². The molecule has 0 aromatic heterocycles. The molecule has 1 rings (SSSR count). The number of carbonyl (C=O) groups is 3. The van der Waals surface area contributed by atoms with Crippen molar-refractivity contribution in [2.75, 3.05) is 7.11 Å². The van der Waals surface area contributed by atoms with Crippen molar-refractivity contribution >= 4 is 18.0 Å². The summed E-state index contributed by atoms with van der Waals surface area (Å²) in [5.74, 6) is -1.98. The average Bonchev–Trinajstić information content (AvgIpc) is 2.88. The Labute approximate surface area is 167 Å². The molecule has 0 aromatic carbocycles. The SMILES string of the molecule is CCC(CC)[C@@H](NC(C)=O)C1C(NC(=O)OC(C)(C)C)CC(C(=O)OC)C1O. The van der Waals surface area contributed by atoms with Crippen molar-refractivity contribution in [3.63, 3.8) is 0 Å². The highest BCUT2D eigenvalue weighted by Crippen LogP contribution is 2.38. The quantitative estimate of drug-likeness (QED) is 0.563. The molecule has 1 aliphatic carbocycles. The second kappa shape index (κ2) is 10.1. The first-order chi connectivity index (χ1) is 12.9. The number of esters is 1. The molecule has 4 unspecified atom stereocenters. The minimum absolute atomic E-state index is 0.0860. The van der Waals surface area contributed by atoms with E-state index in [1.165, 1.54) is 14.0 Å². The third kappa shape index (κ3) is 6.36. The van der Waals surface area contributed by atoms with E-state index >= 15 is 0 Å². The molecule has 0 heterocycles. The van der Waals surface area contributed by atoms with Crippen molar-refractivity contribution in [3.8, 4) is 0 Å². The highest BCUT2D eigenvalue weighted by Gasteiger charge is 2.51.